The maximum atomic E-state index is 11.8. The highest BCUT2D eigenvalue weighted by atomic mass is 16.6. The molecule has 0 spiro atoms. The van der Waals surface area contributed by atoms with Gasteiger partial charge in [0.05, 0.1) is 12.3 Å². The summed E-state index contributed by atoms with van der Waals surface area (Å²) in [6.07, 6.45) is 1.17. The molecule has 2 aromatic carbocycles. The second kappa shape index (κ2) is 6.61. The Balaban J connectivity index is 1.59. The lowest BCUT2D eigenvalue weighted by Gasteiger charge is -2.05. The summed E-state index contributed by atoms with van der Waals surface area (Å²) in [5, 5.41) is 18.9. The molecule has 0 fully saturated rings. The number of nitrogens with one attached hydrogen (secondary N) is 2. The van der Waals surface area contributed by atoms with Crippen molar-refractivity contribution >= 4 is 34.6 Å². The zero-order valence-electron chi connectivity index (χ0n) is 12.3. The lowest BCUT2D eigenvalue weighted by Crippen LogP contribution is -2.24. The number of fused-ring (bicyclic) bond motifs is 1. The number of amides is 2. The van der Waals surface area contributed by atoms with Gasteiger partial charge in [-0.15, -0.1) is 0 Å². The van der Waals surface area contributed by atoms with Crippen LogP contribution in [0, 0.1) is 10.1 Å². The van der Waals surface area contributed by atoms with Crippen molar-refractivity contribution in [3.63, 3.8) is 0 Å². The molecule has 3 rings (SSSR count). The number of benzene rings is 2. The highest BCUT2D eigenvalue weighted by Crippen LogP contribution is 2.18. The van der Waals surface area contributed by atoms with Gasteiger partial charge in [0.25, 0.3) is 0 Å². The molecular formula is C16H12N4O4. The van der Waals surface area contributed by atoms with Gasteiger partial charge in [0, 0.05) is 5.69 Å². The van der Waals surface area contributed by atoms with Gasteiger partial charge >= 0.3 is 11.9 Å². The van der Waals surface area contributed by atoms with E-state index in [-0.39, 0.29) is 5.76 Å². The van der Waals surface area contributed by atoms with Crippen molar-refractivity contribution in [1.29, 1.82) is 0 Å². The summed E-state index contributed by atoms with van der Waals surface area (Å²) in [6, 6.07) is 15.3. The molecule has 0 aliphatic rings. The molecule has 3 aromatic rings. The molecule has 0 radical (unpaired) electrons. The van der Waals surface area contributed by atoms with E-state index in [1.165, 1.54) is 18.3 Å². The van der Waals surface area contributed by atoms with Crippen LogP contribution < -0.4 is 10.7 Å². The third-order valence-electron chi connectivity index (χ3n) is 3.16. The van der Waals surface area contributed by atoms with Gasteiger partial charge in [0.1, 0.15) is 4.92 Å². The van der Waals surface area contributed by atoms with Crippen molar-refractivity contribution in [3.05, 3.63) is 70.5 Å². The smallest absolute Gasteiger partial charge is 0.400 e. The Hall–Kier alpha value is -3.68. The van der Waals surface area contributed by atoms with Gasteiger partial charge in [-0.2, -0.15) is 5.10 Å². The number of furan rings is 1. The average molecular weight is 324 g/mol. The van der Waals surface area contributed by atoms with E-state index < -0.39 is 16.8 Å². The zero-order chi connectivity index (χ0) is 16.9. The topological polar surface area (TPSA) is 110 Å². The SMILES string of the molecule is O=C(N/N=C/c1ccc([N+](=O)[O-])o1)Nc1ccc2ccccc2c1. The van der Waals surface area contributed by atoms with Crippen molar-refractivity contribution in [2.75, 3.05) is 5.32 Å². The molecule has 0 aliphatic heterocycles. The number of rotatable bonds is 4. The van der Waals surface area contributed by atoms with E-state index in [9.17, 15) is 14.9 Å². The summed E-state index contributed by atoms with van der Waals surface area (Å²) in [7, 11) is 0. The lowest BCUT2D eigenvalue weighted by atomic mass is 10.1. The van der Waals surface area contributed by atoms with Crippen molar-refractivity contribution in [1.82, 2.24) is 5.43 Å². The number of hydrogen-bond acceptors (Lipinski definition) is 5. The first-order valence-electron chi connectivity index (χ1n) is 6.95. The quantitative estimate of drug-likeness (QED) is 0.435. The van der Waals surface area contributed by atoms with Crippen LogP contribution in [0.25, 0.3) is 10.8 Å². The molecule has 2 N–H and O–H groups in total. The fourth-order valence-corrected chi connectivity index (χ4v) is 2.09. The summed E-state index contributed by atoms with van der Waals surface area (Å²) in [6.45, 7) is 0. The van der Waals surface area contributed by atoms with E-state index >= 15 is 0 Å². The summed E-state index contributed by atoms with van der Waals surface area (Å²) in [4.78, 5) is 21.6. The number of nitro groups is 1. The highest BCUT2D eigenvalue weighted by molar-refractivity contribution is 5.93. The number of anilines is 1. The second-order valence-corrected chi connectivity index (χ2v) is 4.82. The van der Waals surface area contributed by atoms with Crippen LogP contribution in [0.2, 0.25) is 0 Å². The predicted molar refractivity (Wildman–Crippen MR) is 89.1 cm³/mol. The van der Waals surface area contributed by atoms with E-state index in [0.29, 0.717) is 5.69 Å². The van der Waals surface area contributed by atoms with Crippen LogP contribution in [0.4, 0.5) is 16.4 Å². The van der Waals surface area contributed by atoms with Crippen LogP contribution in [-0.4, -0.2) is 17.2 Å². The largest absolute Gasteiger partial charge is 0.433 e. The second-order valence-electron chi connectivity index (χ2n) is 4.82. The van der Waals surface area contributed by atoms with Crippen LogP contribution in [0.1, 0.15) is 5.76 Å². The molecule has 8 nitrogen and oxygen atoms in total. The van der Waals surface area contributed by atoms with Crippen LogP contribution in [0.15, 0.2) is 64.1 Å². The van der Waals surface area contributed by atoms with Crippen molar-refractivity contribution in [2.45, 2.75) is 0 Å². The van der Waals surface area contributed by atoms with E-state index in [4.69, 9.17) is 4.42 Å². The van der Waals surface area contributed by atoms with Gasteiger partial charge in [0.2, 0.25) is 0 Å². The fraction of sp³-hybridized carbons (Fsp3) is 0. The van der Waals surface area contributed by atoms with Gasteiger partial charge in [-0.3, -0.25) is 10.1 Å². The molecule has 0 aliphatic carbocycles. The van der Waals surface area contributed by atoms with E-state index in [0.717, 1.165) is 10.8 Å². The monoisotopic (exact) mass is 324 g/mol. The Morgan fingerprint density at radius 3 is 2.67 bits per heavy atom. The molecule has 0 saturated heterocycles. The summed E-state index contributed by atoms with van der Waals surface area (Å²) in [5.41, 5.74) is 2.88. The molecule has 0 bridgehead atoms. The van der Waals surface area contributed by atoms with E-state index in [1.807, 2.05) is 36.4 Å². The van der Waals surface area contributed by atoms with Crippen molar-refractivity contribution in [2.24, 2.45) is 5.10 Å². The van der Waals surface area contributed by atoms with Gasteiger partial charge in [-0.25, -0.2) is 10.2 Å². The van der Waals surface area contributed by atoms with Gasteiger partial charge < -0.3 is 9.73 Å². The number of carbonyl (C=O) groups is 1. The number of urea groups is 1. The number of hydrogen-bond donors (Lipinski definition) is 2. The van der Waals surface area contributed by atoms with Crippen LogP contribution >= 0.6 is 0 Å². The molecule has 24 heavy (non-hydrogen) atoms. The Labute approximate surface area is 135 Å². The van der Waals surface area contributed by atoms with Gasteiger partial charge in [-0.1, -0.05) is 30.3 Å². The van der Waals surface area contributed by atoms with Crippen molar-refractivity contribution in [3.8, 4) is 0 Å². The summed E-state index contributed by atoms with van der Waals surface area (Å²) >= 11 is 0. The van der Waals surface area contributed by atoms with E-state index in [2.05, 4.69) is 15.8 Å². The minimum absolute atomic E-state index is 0.160. The highest BCUT2D eigenvalue weighted by Gasteiger charge is 2.10. The maximum absolute atomic E-state index is 11.8. The number of hydrazone groups is 1. The first-order valence-corrected chi connectivity index (χ1v) is 6.95. The van der Waals surface area contributed by atoms with Crippen LogP contribution in [0.3, 0.4) is 0 Å². The number of nitrogens with zero attached hydrogens (tertiary/aromatic N) is 2. The molecule has 0 saturated carbocycles. The minimum Gasteiger partial charge on any atom is -0.400 e. The van der Waals surface area contributed by atoms with Crippen molar-refractivity contribution < 1.29 is 14.1 Å². The predicted octanol–water partition coefficient (Wildman–Crippen LogP) is 3.50. The van der Waals surface area contributed by atoms with E-state index in [1.54, 1.807) is 6.07 Å². The Kier molecular flexibility index (Phi) is 4.19. The summed E-state index contributed by atoms with van der Waals surface area (Å²) < 4.78 is 4.87. The van der Waals surface area contributed by atoms with Gasteiger partial charge in [0.15, 0.2) is 5.76 Å². The summed E-state index contributed by atoms with van der Waals surface area (Å²) in [5.74, 6) is -0.232. The van der Waals surface area contributed by atoms with Gasteiger partial charge in [-0.05, 0) is 29.0 Å². The normalized spacial score (nSPS) is 10.8. The van der Waals surface area contributed by atoms with Crippen LogP contribution in [-0.2, 0) is 0 Å². The lowest BCUT2D eigenvalue weighted by molar-refractivity contribution is -0.402. The third kappa shape index (κ3) is 3.55. The molecule has 8 heteroatoms. The zero-order valence-corrected chi connectivity index (χ0v) is 12.3. The average Bonchev–Trinajstić information content (AvgIpc) is 3.04. The third-order valence-corrected chi connectivity index (χ3v) is 3.16. The first kappa shape index (κ1) is 15.2. The molecule has 2 amide bonds. The number of carbonyl (C=O) groups excluding carboxylic acids is 1. The molecule has 1 aromatic heterocycles. The first-order chi connectivity index (χ1) is 11.6. The maximum Gasteiger partial charge on any atom is 0.433 e. The fourth-order valence-electron chi connectivity index (χ4n) is 2.09. The Bertz CT molecular complexity index is 932. The molecule has 0 unspecified atom stereocenters. The molecule has 0 atom stereocenters. The molecular weight excluding hydrogens is 312 g/mol. The Morgan fingerprint density at radius 2 is 1.92 bits per heavy atom. The minimum atomic E-state index is -0.656. The Morgan fingerprint density at radius 1 is 1.12 bits per heavy atom. The molecule has 120 valence electrons. The standard InChI is InChI=1S/C16H12N4O4/c21-16(19-17-10-14-7-8-15(24-14)20(22)23)18-13-6-5-11-3-1-2-4-12(11)9-13/h1-10H,(H2,18,19,21)/b17-10+. The molecule has 1 heterocycles. The van der Waals surface area contributed by atoms with Crippen LogP contribution in [0.5, 0.6) is 0 Å².